The summed E-state index contributed by atoms with van der Waals surface area (Å²) in [5.41, 5.74) is 1.65. The van der Waals surface area contributed by atoms with Gasteiger partial charge in [0.1, 0.15) is 5.82 Å². The van der Waals surface area contributed by atoms with E-state index in [9.17, 15) is 4.39 Å². The second-order valence-electron chi connectivity index (χ2n) is 3.80. The largest absolute Gasteiger partial charge is 0.396 e. The van der Waals surface area contributed by atoms with Crippen molar-refractivity contribution < 1.29 is 9.50 Å². The highest BCUT2D eigenvalue weighted by molar-refractivity contribution is 7.09. The Morgan fingerprint density at radius 1 is 1.18 bits per heavy atom. The van der Waals surface area contributed by atoms with Crippen LogP contribution in [0.1, 0.15) is 16.3 Å². The first-order valence-corrected chi connectivity index (χ1v) is 6.45. The number of thiazole rings is 1. The molecule has 0 aliphatic carbocycles. The quantitative estimate of drug-likeness (QED) is 0.886. The Morgan fingerprint density at radius 3 is 2.76 bits per heavy atom. The Bertz CT molecular complexity index is 484. The van der Waals surface area contributed by atoms with E-state index in [-0.39, 0.29) is 12.4 Å². The minimum Gasteiger partial charge on any atom is -0.396 e. The summed E-state index contributed by atoms with van der Waals surface area (Å²) < 4.78 is 13.4. The molecule has 0 spiro atoms. The molecule has 0 radical (unpaired) electrons. The fourth-order valence-electron chi connectivity index (χ4n) is 1.64. The number of hydrogen-bond acceptors (Lipinski definition) is 3. The summed E-state index contributed by atoms with van der Waals surface area (Å²) in [4.78, 5) is 4.38. The van der Waals surface area contributed by atoms with Crippen LogP contribution in [0.4, 0.5) is 4.39 Å². The van der Waals surface area contributed by atoms with E-state index in [0.717, 1.165) is 22.7 Å². The molecule has 2 aromatic rings. The zero-order chi connectivity index (χ0) is 12.1. The van der Waals surface area contributed by atoms with Gasteiger partial charge in [0, 0.05) is 24.8 Å². The molecule has 0 saturated heterocycles. The van der Waals surface area contributed by atoms with Crippen LogP contribution in [0.3, 0.4) is 0 Å². The lowest BCUT2D eigenvalue weighted by Gasteiger charge is -2.00. The highest BCUT2D eigenvalue weighted by atomic mass is 32.1. The van der Waals surface area contributed by atoms with E-state index in [1.54, 1.807) is 23.5 Å². The molecule has 2 nitrogen and oxygen atoms in total. The molecule has 90 valence electrons. The van der Waals surface area contributed by atoms with Crippen molar-refractivity contribution in [1.29, 1.82) is 0 Å². The van der Waals surface area contributed by atoms with Crippen molar-refractivity contribution in [3.05, 3.63) is 51.7 Å². The maximum absolute atomic E-state index is 13.4. The second kappa shape index (κ2) is 5.89. The number of aliphatic hydroxyl groups excluding tert-OH is 1. The summed E-state index contributed by atoms with van der Waals surface area (Å²) >= 11 is 1.57. The lowest BCUT2D eigenvalue weighted by Crippen LogP contribution is -1.95. The van der Waals surface area contributed by atoms with Crippen LogP contribution in [0.25, 0.3) is 0 Å². The van der Waals surface area contributed by atoms with Crippen LogP contribution in [0.2, 0.25) is 0 Å². The lowest BCUT2D eigenvalue weighted by atomic mass is 10.1. The number of nitrogens with zero attached hydrogens (tertiary/aromatic N) is 1. The molecule has 0 unspecified atom stereocenters. The standard InChI is InChI=1S/C13H14FNOS/c14-12-4-2-1-3-10(12)5-6-13-15-11(7-8-16)9-17-13/h1-4,9,16H,5-8H2. The molecule has 1 heterocycles. The molecule has 0 fully saturated rings. The molecule has 1 aromatic carbocycles. The molecule has 0 amide bonds. The van der Waals surface area contributed by atoms with Gasteiger partial charge in [-0.3, -0.25) is 0 Å². The fraction of sp³-hybridized carbons (Fsp3) is 0.308. The minimum absolute atomic E-state index is 0.122. The third kappa shape index (κ3) is 3.35. The van der Waals surface area contributed by atoms with Gasteiger partial charge in [-0.1, -0.05) is 18.2 Å². The van der Waals surface area contributed by atoms with Crippen LogP contribution in [0.15, 0.2) is 29.6 Å². The number of rotatable bonds is 5. The molecule has 0 saturated carbocycles. The maximum Gasteiger partial charge on any atom is 0.126 e. The van der Waals surface area contributed by atoms with Gasteiger partial charge in [0.05, 0.1) is 10.7 Å². The number of aryl methyl sites for hydroxylation is 2. The molecule has 0 aliphatic rings. The van der Waals surface area contributed by atoms with Crippen molar-refractivity contribution >= 4 is 11.3 Å². The minimum atomic E-state index is -0.153. The number of halogens is 1. The number of aromatic nitrogens is 1. The first-order valence-electron chi connectivity index (χ1n) is 5.57. The smallest absolute Gasteiger partial charge is 0.126 e. The van der Waals surface area contributed by atoms with Crippen molar-refractivity contribution in [1.82, 2.24) is 4.98 Å². The van der Waals surface area contributed by atoms with Crippen LogP contribution in [-0.4, -0.2) is 16.7 Å². The van der Waals surface area contributed by atoms with Gasteiger partial charge < -0.3 is 5.11 Å². The van der Waals surface area contributed by atoms with E-state index in [1.807, 2.05) is 11.4 Å². The zero-order valence-electron chi connectivity index (χ0n) is 9.40. The Kier molecular flexibility index (Phi) is 4.23. The topological polar surface area (TPSA) is 33.1 Å². The zero-order valence-corrected chi connectivity index (χ0v) is 10.2. The van der Waals surface area contributed by atoms with E-state index in [4.69, 9.17) is 5.11 Å². The number of hydrogen-bond donors (Lipinski definition) is 1. The van der Waals surface area contributed by atoms with Gasteiger partial charge in [-0.15, -0.1) is 11.3 Å². The van der Waals surface area contributed by atoms with E-state index < -0.39 is 0 Å². The van der Waals surface area contributed by atoms with Crippen molar-refractivity contribution in [3.8, 4) is 0 Å². The molecule has 0 aliphatic heterocycles. The summed E-state index contributed by atoms with van der Waals surface area (Å²) in [7, 11) is 0. The molecular weight excluding hydrogens is 237 g/mol. The third-order valence-electron chi connectivity index (χ3n) is 2.53. The van der Waals surface area contributed by atoms with Crippen LogP contribution in [0, 0.1) is 5.82 Å². The average molecular weight is 251 g/mol. The Balaban J connectivity index is 1.95. The highest BCUT2D eigenvalue weighted by Crippen LogP contribution is 2.15. The Hall–Kier alpha value is -1.26. The molecule has 17 heavy (non-hydrogen) atoms. The molecule has 0 atom stereocenters. The molecular formula is C13H14FNOS. The highest BCUT2D eigenvalue weighted by Gasteiger charge is 2.04. The number of aliphatic hydroxyl groups is 1. The monoisotopic (exact) mass is 251 g/mol. The van der Waals surface area contributed by atoms with Gasteiger partial charge >= 0.3 is 0 Å². The normalized spacial score (nSPS) is 10.7. The van der Waals surface area contributed by atoms with Crippen molar-refractivity contribution in [2.75, 3.05) is 6.61 Å². The second-order valence-corrected chi connectivity index (χ2v) is 4.74. The molecule has 1 aromatic heterocycles. The predicted octanol–water partition coefficient (Wildman–Crippen LogP) is 2.60. The summed E-state index contributed by atoms with van der Waals surface area (Å²) in [6.45, 7) is 0.122. The van der Waals surface area contributed by atoms with Gasteiger partial charge in [0.25, 0.3) is 0 Å². The van der Waals surface area contributed by atoms with E-state index >= 15 is 0 Å². The SMILES string of the molecule is OCCc1csc(CCc2ccccc2F)n1. The first-order chi connectivity index (χ1) is 8.29. The average Bonchev–Trinajstić information content (AvgIpc) is 2.76. The maximum atomic E-state index is 13.4. The van der Waals surface area contributed by atoms with Crippen molar-refractivity contribution in [3.63, 3.8) is 0 Å². The van der Waals surface area contributed by atoms with Crippen LogP contribution >= 0.6 is 11.3 Å². The molecule has 1 N–H and O–H groups in total. The van der Waals surface area contributed by atoms with E-state index in [1.165, 1.54) is 6.07 Å². The summed E-state index contributed by atoms with van der Waals surface area (Å²) in [6.07, 6.45) is 2.01. The van der Waals surface area contributed by atoms with E-state index in [2.05, 4.69) is 4.98 Å². The predicted molar refractivity (Wildman–Crippen MR) is 66.7 cm³/mol. The first kappa shape index (κ1) is 12.2. The molecule has 4 heteroatoms. The van der Waals surface area contributed by atoms with E-state index in [0.29, 0.717) is 12.8 Å². The Morgan fingerprint density at radius 2 is 2.00 bits per heavy atom. The van der Waals surface area contributed by atoms with Crippen LogP contribution in [0.5, 0.6) is 0 Å². The number of benzene rings is 1. The third-order valence-corrected chi connectivity index (χ3v) is 3.49. The van der Waals surface area contributed by atoms with Gasteiger partial charge in [-0.25, -0.2) is 9.37 Å². The molecule has 2 rings (SSSR count). The van der Waals surface area contributed by atoms with Gasteiger partial charge in [-0.2, -0.15) is 0 Å². The van der Waals surface area contributed by atoms with Crippen LogP contribution in [-0.2, 0) is 19.3 Å². The van der Waals surface area contributed by atoms with Crippen molar-refractivity contribution in [2.24, 2.45) is 0 Å². The van der Waals surface area contributed by atoms with Crippen molar-refractivity contribution in [2.45, 2.75) is 19.3 Å². The molecule has 0 bridgehead atoms. The van der Waals surface area contributed by atoms with Gasteiger partial charge in [0.15, 0.2) is 0 Å². The lowest BCUT2D eigenvalue weighted by molar-refractivity contribution is 0.298. The summed E-state index contributed by atoms with van der Waals surface area (Å²) in [5.74, 6) is -0.153. The summed E-state index contributed by atoms with van der Waals surface area (Å²) in [6, 6.07) is 6.82. The van der Waals surface area contributed by atoms with Crippen LogP contribution < -0.4 is 0 Å². The Labute approximate surface area is 104 Å². The van der Waals surface area contributed by atoms with Gasteiger partial charge in [-0.05, 0) is 18.1 Å². The summed E-state index contributed by atoms with van der Waals surface area (Å²) in [5, 5.41) is 11.7. The fourth-order valence-corrected chi connectivity index (χ4v) is 2.47. The van der Waals surface area contributed by atoms with Gasteiger partial charge in [0.2, 0.25) is 0 Å².